The van der Waals surface area contributed by atoms with Crippen LogP contribution >= 0.6 is 0 Å². The first kappa shape index (κ1) is 10.7. The molecule has 0 saturated heterocycles. The van der Waals surface area contributed by atoms with Gasteiger partial charge in [0.1, 0.15) is 0 Å². The van der Waals surface area contributed by atoms with E-state index in [4.69, 9.17) is 0 Å². The van der Waals surface area contributed by atoms with E-state index in [1.54, 1.807) is 0 Å². The molecule has 1 aromatic carbocycles. The number of hydrogen-bond acceptors (Lipinski definition) is 1. The summed E-state index contributed by atoms with van der Waals surface area (Å²) in [5.41, 5.74) is 0.843. The summed E-state index contributed by atoms with van der Waals surface area (Å²) in [7, 11) is 0. The molecule has 0 aliphatic heterocycles. The van der Waals surface area contributed by atoms with Crippen molar-refractivity contribution >= 4 is 41.2 Å². The standard InChI is InChI=1S/C8H9NO.Na/c1-7(10)9-8-5-3-2-4-6-8;/h2-6H,1H3,(H,9,10);. The van der Waals surface area contributed by atoms with Crippen LogP contribution in [0.15, 0.2) is 30.3 Å². The molecule has 0 saturated carbocycles. The van der Waals surface area contributed by atoms with Crippen LogP contribution in [0.5, 0.6) is 0 Å². The summed E-state index contributed by atoms with van der Waals surface area (Å²) in [6.45, 7) is 1.49. The van der Waals surface area contributed by atoms with Crippen LogP contribution in [0.2, 0.25) is 0 Å². The van der Waals surface area contributed by atoms with Crippen LogP contribution < -0.4 is 5.32 Å². The molecule has 0 heterocycles. The van der Waals surface area contributed by atoms with Crippen molar-refractivity contribution in [3.63, 3.8) is 0 Å². The van der Waals surface area contributed by atoms with Crippen LogP contribution in [-0.4, -0.2) is 35.5 Å². The summed E-state index contributed by atoms with van der Waals surface area (Å²) < 4.78 is 0. The molecule has 1 rings (SSSR count). The number of anilines is 1. The van der Waals surface area contributed by atoms with Gasteiger partial charge in [0.25, 0.3) is 0 Å². The van der Waals surface area contributed by atoms with E-state index in [1.165, 1.54) is 6.92 Å². The van der Waals surface area contributed by atoms with E-state index >= 15 is 0 Å². The van der Waals surface area contributed by atoms with Crippen LogP contribution in [0.3, 0.4) is 0 Å². The second kappa shape index (κ2) is 5.35. The predicted octanol–water partition coefficient (Wildman–Crippen LogP) is 1.26. The molecule has 0 bridgehead atoms. The zero-order chi connectivity index (χ0) is 7.40. The predicted molar refractivity (Wildman–Crippen MR) is 46.5 cm³/mol. The number of rotatable bonds is 1. The van der Waals surface area contributed by atoms with Gasteiger partial charge >= 0.3 is 0 Å². The number of nitrogens with one attached hydrogen (secondary N) is 1. The van der Waals surface area contributed by atoms with E-state index in [9.17, 15) is 4.79 Å². The van der Waals surface area contributed by atoms with Crippen LogP contribution in [0.1, 0.15) is 6.92 Å². The van der Waals surface area contributed by atoms with Crippen molar-refractivity contribution in [1.82, 2.24) is 0 Å². The summed E-state index contributed by atoms with van der Waals surface area (Å²) >= 11 is 0. The van der Waals surface area contributed by atoms with Gasteiger partial charge in [-0.3, -0.25) is 4.79 Å². The summed E-state index contributed by atoms with van der Waals surface area (Å²) in [4.78, 5) is 10.5. The monoisotopic (exact) mass is 158 g/mol. The maximum absolute atomic E-state index is 10.5. The first-order chi connectivity index (χ1) is 4.79. The Morgan fingerprint density at radius 1 is 1.27 bits per heavy atom. The third-order valence-corrected chi connectivity index (χ3v) is 1.09. The van der Waals surface area contributed by atoms with E-state index in [2.05, 4.69) is 5.32 Å². The minimum atomic E-state index is -0.0359. The van der Waals surface area contributed by atoms with Crippen molar-refractivity contribution in [3.8, 4) is 0 Å². The number of carbonyl (C=O) groups is 1. The Hall–Kier alpha value is -0.310. The Labute approximate surface area is 88.3 Å². The molecule has 0 spiro atoms. The van der Waals surface area contributed by atoms with E-state index < -0.39 is 0 Å². The quantitative estimate of drug-likeness (QED) is 0.612. The zero-order valence-electron chi connectivity index (χ0n) is 6.79. The zero-order valence-corrected chi connectivity index (χ0v) is 8.79. The van der Waals surface area contributed by atoms with Crippen molar-refractivity contribution in [3.05, 3.63) is 30.3 Å². The van der Waals surface area contributed by atoms with Gasteiger partial charge in [-0.1, -0.05) is 18.2 Å². The average molecular weight is 158 g/mol. The SMILES string of the molecule is CC(=O)Nc1ccccc1.[Na]. The molecule has 2 nitrogen and oxygen atoms in total. The molecule has 0 unspecified atom stereocenters. The smallest absolute Gasteiger partial charge is 0.221 e. The van der Waals surface area contributed by atoms with Gasteiger partial charge < -0.3 is 5.32 Å². The van der Waals surface area contributed by atoms with Crippen LogP contribution in [-0.2, 0) is 4.79 Å². The van der Waals surface area contributed by atoms with Gasteiger partial charge in [-0.15, -0.1) is 0 Å². The first-order valence-electron chi connectivity index (χ1n) is 3.11. The Kier molecular flexibility index (Phi) is 5.20. The summed E-state index contributed by atoms with van der Waals surface area (Å²) in [5, 5.41) is 2.67. The first-order valence-corrected chi connectivity index (χ1v) is 3.11. The Morgan fingerprint density at radius 3 is 2.27 bits per heavy atom. The van der Waals surface area contributed by atoms with Gasteiger partial charge in [0.05, 0.1) is 0 Å². The molecule has 53 valence electrons. The fourth-order valence-electron chi connectivity index (χ4n) is 0.725. The van der Waals surface area contributed by atoms with Gasteiger partial charge in [0, 0.05) is 42.2 Å². The number of para-hydroxylation sites is 1. The van der Waals surface area contributed by atoms with Gasteiger partial charge in [-0.2, -0.15) is 0 Å². The van der Waals surface area contributed by atoms with E-state index in [0.29, 0.717) is 0 Å². The molecule has 11 heavy (non-hydrogen) atoms. The topological polar surface area (TPSA) is 29.1 Å². The third-order valence-electron chi connectivity index (χ3n) is 1.09. The maximum Gasteiger partial charge on any atom is 0.221 e. The Morgan fingerprint density at radius 2 is 1.82 bits per heavy atom. The fourth-order valence-corrected chi connectivity index (χ4v) is 0.725. The molecule has 0 aliphatic rings. The van der Waals surface area contributed by atoms with Gasteiger partial charge in [0.15, 0.2) is 0 Å². The molecule has 1 aromatic rings. The fraction of sp³-hybridized carbons (Fsp3) is 0.125. The number of amides is 1. The summed E-state index contributed by atoms with van der Waals surface area (Å²) in [6.07, 6.45) is 0. The molecule has 0 atom stereocenters. The molecule has 1 amide bonds. The van der Waals surface area contributed by atoms with E-state index in [-0.39, 0.29) is 35.5 Å². The van der Waals surface area contributed by atoms with Crippen LogP contribution in [0, 0.1) is 0 Å². The third kappa shape index (κ3) is 4.19. The van der Waals surface area contributed by atoms with Crippen LogP contribution in [0.25, 0.3) is 0 Å². The van der Waals surface area contributed by atoms with Crippen molar-refractivity contribution < 1.29 is 4.79 Å². The molecule has 3 heteroatoms. The van der Waals surface area contributed by atoms with Crippen LogP contribution in [0.4, 0.5) is 5.69 Å². The molecular weight excluding hydrogens is 149 g/mol. The van der Waals surface area contributed by atoms with Crippen molar-refractivity contribution in [2.75, 3.05) is 5.32 Å². The van der Waals surface area contributed by atoms with Gasteiger partial charge in [0.2, 0.25) is 5.91 Å². The second-order valence-electron chi connectivity index (χ2n) is 2.05. The normalized spacial score (nSPS) is 8.09. The van der Waals surface area contributed by atoms with Crippen molar-refractivity contribution in [1.29, 1.82) is 0 Å². The van der Waals surface area contributed by atoms with E-state index in [1.807, 2.05) is 30.3 Å². The van der Waals surface area contributed by atoms with Gasteiger partial charge in [-0.05, 0) is 12.1 Å². The summed E-state index contributed by atoms with van der Waals surface area (Å²) in [6, 6.07) is 9.37. The van der Waals surface area contributed by atoms with Crippen molar-refractivity contribution in [2.24, 2.45) is 0 Å². The largest absolute Gasteiger partial charge is 0.326 e. The number of benzene rings is 1. The molecule has 1 N–H and O–H groups in total. The van der Waals surface area contributed by atoms with Crippen molar-refractivity contribution in [2.45, 2.75) is 6.92 Å². The van der Waals surface area contributed by atoms with Gasteiger partial charge in [-0.25, -0.2) is 0 Å². The minimum absolute atomic E-state index is 0. The Bertz CT molecular complexity index is 223. The molecule has 0 fully saturated rings. The number of carbonyl (C=O) groups excluding carboxylic acids is 1. The molecule has 0 aromatic heterocycles. The Balaban J connectivity index is 0.000001000. The average Bonchev–Trinajstić information content (AvgIpc) is 1.88. The minimum Gasteiger partial charge on any atom is -0.326 e. The number of hydrogen-bond donors (Lipinski definition) is 1. The molecule has 1 radical (unpaired) electrons. The second-order valence-corrected chi connectivity index (χ2v) is 2.05. The molecule has 0 aliphatic carbocycles. The molecular formula is C8H9NNaO. The summed E-state index contributed by atoms with van der Waals surface area (Å²) in [5.74, 6) is -0.0359. The van der Waals surface area contributed by atoms with E-state index in [0.717, 1.165) is 5.69 Å². The maximum atomic E-state index is 10.5.